The molecule has 2 amide bonds. The number of nitrogens with one attached hydrogen (secondary N) is 3. The molecule has 1 aliphatic carbocycles. The smallest absolute Gasteiger partial charge is 0.251 e. The number of rotatable bonds is 5. The number of carbonyl (C=O) groups is 2. The third-order valence-electron chi connectivity index (χ3n) is 5.72. The summed E-state index contributed by atoms with van der Waals surface area (Å²) < 4.78 is 0. The molecule has 6 heteroatoms. The van der Waals surface area contributed by atoms with Crippen molar-refractivity contribution in [1.29, 1.82) is 0 Å². The molecule has 0 radical (unpaired) electrons. The van der Waals surface area contributed by atoms with Crippen LogP contribution in [0.2, 0.25) is 0 Å². The van der Waals surface area contributed by atoms with Gasteiger partial charge in [0, 0.05) is 36.8 Å². The standard InChI is InChI=1S/C23H27N3O2.ClH/c27-22(25-13-16-9-10-19-14-24-15-20(19)11-16)18-7-4-8-21(12-18)26-23(28)17-5-2-1-3-6-17;/h4,7-12,17,24H,1-3,5-6,13-15H2,(H,25,27)(H,26,28);1H. The van der Waals surface area contributed by atoms with Crippen LogP contribution in [-0.2, 0) is 24.4 Å². The number of anilines is 1. The Morgan fingerprint density at radius 3 is 2.59 bits per heavy atom. The first kappa shape index (κ1) is 21.3. The van der Waals surface area contributed by atoms with Crippen LogP contribution in [0.25, 0.3) is 0 Å². The van der Waals surface area contributed by atoms with Gasteiger partial charge in [-0.25, -0.2) is 0 Å². The lowest BCUT2D eigenvalue weighted by molar-refractivity contribution is -0.120. The van der Waals surface area contributed by atoms with E-state index in [-0.39, 0.29) is 30.1 Å². The average molecular weight is 414 g/mol. The molecule has 154 valence electrons. The molecule has 0 atom stereocenters. The maximum atomic E-state index is 12.6. The molecule has 3 N–H and O–H groups in total. The fraction of sp³-hybridized carbons (Fsp3) is 0.391. The van der Waals surface area contributed by atoms with Crippen molar-refractivity contribution in [2.45, 2.75) is 51.7 Å². The van der Waals surface area contributed by atoms with E-state index in [0.29, 0.717) is 17.8 Å². The molecule has 0 spiro atoms. The molecule has 4 rings (SSSR count). The summed E-state index contributed by atoms with van der Waals surface area (Å²) in [5.74, 6) is 0.0388. The summed E-state index contributed by atoms with van der Waals surface area (Å²) in [6, 6.07) is 13.5. The van der Waals surface area contributed by atoms with Crippen LogP contribution in [0, 0.1) is 5.92 Å². The molecule has 2 aromatic rings. The maximum absolute atomic E-state index is 12.6. The number of carbonyl (C=O) groups excluding carboxylic acids is 2. The molecule has 1 saturated carbocycles. The topological polar surface area (TPSA) is 70.2 Å². The maximum Gasteiger partial charge on any atom is 0.251 e. The van der Waals surface area contributed by atoms with Gasteiger partial charge in [0.1, 0.15) is 0 Å². The summed E-state index contributed by atoms with van der Waals surface area (Å²) in [6.45, 7) is 2.30. The highest BCUT2D eigenvalue weighted by atomic mass is 35.5. The third kappa shape index (κ3) is 5.37. The van der Waals surface area contributed by atoms with Crippen molar-refractivity contribution in [3.8, 4) is 0 Å². The van der Waals surface area contributed by atoms with Crippen molar-refractivity contribution < 1.29 is 9.59 Å². The van der Waals surface area contributed by atoms with Crippen LogP contribution < -0.4 is 16.0 Å². The highest BCUT2D eigenvalue weighted by molar-refractivity contribution is 5.97. The van der Waals surface area contributed by atoms with Gasteiger partial charge in [-0.3, -0.25) is 9.59 Å². The van der Waals surface area contributed by atoms with Gasteiger partial charge in [-0.15, -0.1) is 12.4 Å². The van der Waals surface area contributed by atoms with E-state index in [9.17, 15) is 9.59 Å². The predicted octanol–water partition coefficient (Wildman–Crippen LogP) is 4.16. The fourth-order valence-corrected chi connectivity index (χ4v) is 4.09. The monoisotopic (exact) mass is 413 g/mol. The Morgan fingerprint density at radius 1 is 0.966 bits per heavy atom. The first-order chi connectivity index (χ1) is 13.7. The third-order valence-corrected chi connectivity index (χ3v) is 5.72. The van der Waals surface area contributed by atoms with Gasteiger partial charge >= 0.3 is 0 Å². The number of fused-ring (bicyclic) bond motifs is 1. The van der Waals surface area contributed by atoms with Gasteiger partial charge in [-0.05, 0) is 47.7 Å². The van der Waals surface area contributed by atoms with Crippen molar-refractivity contribution >= 4 is 29.9 Å². The molecule has 29 heavy (non-hydrogen) atoms. The largest absolute Gasteiger partial charge is 0.348 e. The van der Waals surface area contributed by atoms with Gasteiger partial charge in [-0.2, -0.15) is 0 Å². The zero-order valence-electron chi connectivity index (χ0n) is 16.5. The zero-order chi connectivity index (χ0) is 19.3. The molecule has 1 fully saturated rings. The lowest BCUT2D eigenvalue weighted by Crippen LogP contribution is -2.25. The summed E-state index contributed by atoms with van der Waals surface area (Å²) in [5, 5.41) is 9.29. The molecule has 1 heterocycles. The molecule has 0 bridgehead atoms. The molecule has 2 aromatic carbocycles. The molecule has 0 saturated heterocycles. The number of halogens is 1. The van der Waals surface area contributed by atoms with Crippen molar-refractivity contribution in [1.82, 2.24) is 10.6 Å². The normalized spacial score (nSPS) is 15.9. The summed E-state index contributed by atoms with van der Waals surface area (Å²) in [4.78, 5) is 25.0. The average Bonchev–Trinajstić information content (AvgIpc) is 3.20. The van der Waals surface area contributed by atoms with Crippen molar-refractivity contribution in [2.24, 2.45) is 5.92 Å². The van der Waals surface area contributed by atoms with E-state index in [4.69, 9.17) is 0 Å². The van der Waals surface area contributed by atoms with E-state index in [1.807, 2.05) is 12.1 Å². The lowest BCUT2D eigenvalue weighted by atomic mass is 9.88. The zero-order valence-corrected chi connectivity index (χ0v) is 17.3. The Balaban J connectivity index is 0.00000240. The molecular formula is C23H28ClN3O2. The molecule has 1 aliphatic heterocycles. The minimum Gasteiger partial charge on any atom is -0.348 e. The number of benzene rings is 2. The summed E-state index contributed by atoms with van der Waals surface area (Å²) in [7, 11) is 0. The molecule has 2 aliphatic rings. The minimum absolute atomic E-state index is 0. The Morgan fingerprint density at radius 2 is 1.76 bits per heavy atom. The SMILES string of the molecule is Cl.O=C(NCc1ccc2c(c1)CNC2)c1cccc(NC(=O)C2CCCCC2)c1. The highest BCUT2D eigenvalue weighted by Crippen LogP contribution is 2.25. The van der Waals surface area contributed by atoms with Gasteiger partial charge in [-0.1, -0.05) is 43.5 Å². The van der Waals surface area contributed by atoms with Crippen LogP contribution >= 0.6 is 12.4 Å². The first-order valence-corrected chi connectivity index (χ1v) is 10.2. The van der Waals surface area contributed by atoms with E-state index >= 15 is 0 Å². The van der Waals surface area contributed by atoms with Gasteiger partial charge in [0.15, 0.2) is 0 Å². The molecule has 0 unspecified atom stereocenters. The Hall–Kier alpha value is -2.37. The van der Waals surface area contributed by atoms with E-state index in [1.165, 1.54) is 17.5 Å². The van der Waals surface area contributed by atoms with E-state index < -0.39 is 0 Å². The second kappa shape index (κ2) is 9.90. The predicted molar refractivity (Wildman–Crippen MR) is 117 cm³/mol. The quantitative estimate of drug-likeness (QED) is 0.689. The lowest BCUT2D eigenvalue weighted by Gasteiger charge is -2.20. The number of amides is 2. The van der Waals surface area contributed by atoms with Crippen molar-refractivity contribution in [3.05, 3.63) is 64.7 Å². The van der Waals surface area contributed by atoms with Crippen molar-refractivity contribution in [2.75, 3.05) is 5.32 Å². The van der Waals surface area contributed by atoms with Crippen LogP contribution in [-0.4, -0.2) is 11.8 Å². The Labute approximate surface area is 178 Å². The van der Waals surface area contributed by atoms with Crippen LogP contribution in [0.3, 0.4) is 0 Å². The minimum atomic E-state index is -0.132. The van der Waals surface area contributed by atoms with E-state index in [1.54, 1.807) is 12.1 Å². The van der Waals surface area contributed by atoms with Gasteiger partial charge in [0.2, 0.25) is 5.91 Å². The number of hydrogen-bond donors (Lipinski definition) is 3. The molecular weight excluding hydrogens is 386 g/mol. The second-order valence-electron chi connectivity index (χ2n) is 7.79. The summed E-state index contributed by atoms with van der Waals surface area (Å²) >= 11 is 0. The van der Waals surface area contributed by atoms with Crippen molar-refractivity contribution in [3.63, 3.8) is 0 Å². The second-order valence-corrected chi connectivity index (χ2v) is 7.79. The molecule has 0 aromatic heterocycles. The van der Waals surface area contributed by atoms with E-state index in [2.05, 4.69) is 34.1 Å². The Bertz CT molecular complexity index is 878. The van der Waals surface area contributed by atoms with Crippen LogP contribution in [0.1, 0.15) is 59.2 Å². The summed E-state index contributed by atoms with van der Waals surface area (Å²) in [5.41, 5.74) is 4.98. The van der Waals surface area contributed by atoms with Gasteiger partial charge < -0.3 is 16.0 Å². The fourth-order valence-electron chi connectivity index (χ4n) is 4.09. The highest BCUT2D eigenvalue weighted by Gasteiger charge is 2.21. The van der Waals surface area contributed by atoms with E-state index in [0.717, 1.165) is 44.3 Å². The van der Waals surface area contributed by atoms with Gasteiger partial charge in [0.25, 0.3) is 5.91 Å². The van der Waals surface area contributed by atoms with Crippen LogP contribution in [0.4, 0.5) is 5.69 Å². The molecule has 5 nitrogen and oxygen atoms in total. The van der Waals surface area contributed by atoms with Crippen LogP contribution in [0.15, 0.2) is 42.5 Å². The summed E-state index contributed by atoms with van der Waals surface area (Å²) in [6.07, 6.45) is 5.39. The Kier molecular flexibility index (Phi) is 7.29. The van der Waals surface area contributed by atoms with Crippen LogP contribution in [0.5, 0.6) is 0 Å². The first-order valence-electron chi connectivity index (χ1n) is 10.2. The van der Waals surface area contributed by atoms with Gasteiger partial charge in [0.05, 0.1) is 0 Å². The number of hydrogen-bond acceptors (Lipinski definition) is 3.